The zero-order valence-corrected chi connectivity index (χ0v) is 20.4. The molecule has 0 spiro atoms. The standard InChI is InChI=1S/AsH3.9H2O.3S.3Sb/h1H3;9*1H2;;;;;;/q;;;;;;;;;;;;;3*+3/p-9. The topological polar surface area (TPSA) is 182 Å². The second-order valence-corrected chi connectivity index (χ2v) is 20.2. The van der Waals surface area contributed by atoms with Gasteiger partial charge in [-0.15, -0.1) is 0 Å². The SMILES string of the molecule is [AsH3].[OH][Sb]([OH])([OH])=[S].[OH][Sb]([OH])([OH])=[S].[OH][Sb]([OH])([OH])=[S]. The van der Waals surface area contributed by atoms with E-state index >= 15 is 0 Å². The average molecular weight is 692 g/mol. The molecule has 9 N–H and O–H groups in total. The maximum atomic E-state index is 7.65. The average Bonchev–Trinajstić information content (AvgIpc) is 1.41. The second kappa shape index (κ2) is 12.1. The van der Waals surface area contributed by atoms with Crippen molar-refractivity contribution in [3.8, 4) is 0 Å². The van der Waals surface area contributed by atoms with Crippen LogP contribution in [0.1, 0.15) is 0 Å². The predicted octanol–water partition coefficient (Wildman–Crippen LogP) is -5.39. The van der Waals surface area contributed by atoms with Gasteiger partial charge < -0.3 is 0 Å². The van der Waals surface area contributed by atoms with Crippen molar-refractivity contribution in [3.63, 3.8) is 0 Å². The fourth-order valence-electron chi connectivity index (χ4n) is 0. The van der Waals surface area contributed by atoms with Crippen molar-refractivity contribution in [1.29, 1.82) is 0 Å². The van der Waals surface area contributed by atoms with E-state index in [1.165, 1.54) is 0 Å². The van der Waals surface area contributed by atoms with Gasteiger partial charge in [0.1, 0.15) is 0 Å². The van der Waals surface area contributed by atoms with E-state index in [0.29, 0.717) is 0 Å². The van der Waals surface area contributed by atoms with Crippen molar-refractivity contribution >= 4 is 99.8 Å². The molecule has 0 aromatic carbocycles. The van der Waals surface area contributed by atoms with Crippen LogP contribution in [0.2, 0.25) is 0 Å². The van der Waals surface area contributed by atoms with E-state index in [1.807, 2.05) is 0 Å². The van der Waals surface area contributed by atoms with E-state index in [-0.39, 0.29) is 18.0 Å². The Bertz CT molecular complexity index is 212. The summed E-state index contributed by atoms with van der Waals surface area (Å²) in [6.07, 6.45) is 0. The zero-order chi connectivity index (χ0) is 13.5. The van der Waals surface area contributed by atoms with E-state index in [0.717, 1.165) is 0 Å². The van der Waals surface area contributed by atoms with Crippen molar-refractivity contribution in [2.75, 3.05) is 0 Å². The summed E-state index contributed by atoms with van der Waals surface area (Å²) in [5, 5.41) is 0. The van der Waals surface area contributed by atoms with Gasteiger partial charge >= 0.3 is 130 Å². The summed E-state index contributed by atoms with van der Waals surface area (Å²) in [6.45, 7) is 0. The molecule has 0 amide bonds. The van der Waals surface area contributed by atoms with Gasteiger partial charge in [0.25, 0.3) is 0 Å². The van der Waals surface area contributed by atoms with Gasteiger partial charge in [0.05, 0.1) is 0 Å². The Kier molecular flexibility index (Phi) is 20.9. The second-order valence-electron chi connectivity index (χ2n) is 1.54. The molecule has 104 valence electrons. The van der Waals surface area contributed by atoms with Crippen LogP contribution in [0.5, 0.6) is 0 Å². The van der Waals surface area contributed by atoms with Crippen LogP contribution >= 0.6 is 27.6 Å². The van der Waals surface area contributed by atoms with Gasteiger partial charge in [-0.05, 0) is 0 Å². The molecule has 0 aromatic rings. The molecule has 0 aliphatic carbocycles. The van der Waals surface area contributed by atoms with Crippen molar-refractivity contribution in [1.82, 2.24) is 0 Å². The van der Waals surface area contributed by atoms with E-state index in [2.05, 4.69) is 27.6 Å². The summed E-state index contributed by atoms with van der Waals surface area (Å²) >= 11 is -13.5. The van der Waals surface area contributed by atoms with Crippen molar-refractivity contribution < 1.29 is 30.5 Å². The molecule has 0 aliphatic heterocycles. The van der Waals surface area contributed by atoms with Crippen LogP contribution in [-0.4, -0.2) is 103 Å². The number of hydrogen-bond donors (Lipinski definition) is 9. The Morgan fingerprint density at radius 3 is 0.438 bits per heavy atom. The summed E-state index contributed by atoms with van der Waals surface area (Å²) in [4.78, 5) is 0. The fraction of sp³-hybridized carbons (Fsp3) is 0. The fourth-order valence-corrected chi connectivity index (χ4v) is 0. The molecule has 0 fully saturated rings. The minimum absolute atomic E-state index is 0. The normalized spacial score (nSPS) is 11.1. The molecule has 0 bridgehead atoms. The number of hydrogen-bond acceptors (Lipinski definition) is 3. The quantitative estimate of drug-likeness (QED) is 0.110. The first-order valence-electron chi connectivity index (χ1n) is 2.35. The van der Waals surface area contributed by atoms with E-state index in [9.17, 15) is 0 Å². The molecule has 0 aromatic heterocycles. The van der Waals surface area contributed by atoms with Crippen LogP contribution in [-0.2, 0) is 0 Å². The van der Waals surface area contributed by atoms with Gasteiger partial charge in [0.2, 0.25) is 0 Å². The molecular weight excluding hydrogens is 680 g/mol. The Balaban J connectivity index is -0.0000000655. The summed E-state index contributed by atoms with van der Waals surface area (Å²) in [7, 11) is 11.1. The van der Waals surface area contributed by atoms with Crippen LogP contribution in [0.4, 0.5) is 0 Å². The molecule has 1 unspecified atom stereocenters. The van der Waals surface area contributed by atoms with Gasteiger partial charge in [-0.1, -0.05) is 0 Å². The third kappa shape index (κ3) is 420. The Morgan fingerprint density at radius 1 is 0.438 bits per heavy atom. The molecule has 0 rings (SSSR count). The monoisotopic (exact) mass is 690 g/mol. The predicted molar refractivity (Wildman–Crippen MR) is 69.9 cm³/mol. The maximum absolute atomic E-state index is 7.65. The Hall–Kier alpha value is 3.31. The molecule has 0 saturated carbocycles. The molecule has 0 aliphatic rings. The molecule has 16 heteroatoms. The van der Waals surface area contributed by atoms with Gasteiger partial charge in [-0.3, -0.25) is 0 Å². The van der Waals surface area contributed by atoms with Gasteiger partial charge in [0, 0.05) is 0 Å². The Morgan fingerprint density at radius 2 is 0.438 bits per heavy atom. The van der Waals surface area contributed by atoms with Crippen LogP contribution in [0.3, 0.4) is 0 Å². The summed E-state index contributed by atoms with van der Waals surface area (Å²) in [5.41, 5.74) is 0. The van der Waals surface area contributed by atoms with E-state index in [4.69, 9.17) is 30.5 Å². The molecule has 0 radical (unpaired) electrons. The van der Waals surface area contributed by atoms with E-state index in [1.54, 1.807) is 0 Å². The van der Waals surface area contributed by atoms with Crippen LogP contribution in [0, 0.1) is 0 Å². The summed E-state index contributed by atoms with van der Waals surface area (Å²) in [6, 6.07) is 0. The first kappa shape index (κ1) is 27.6. The first-order valence-corrected chi connectivity index (χ1v) is 23.1. The van der Waals surface area contributed by atoms with Gasteiger partial charge in [-0.2, -0.15) is 0 Å². The third-order valence-electron chi connectivity index (χ3n) is 0. The minimum atomic E-state index is -4.52. The van der Waals surface area contributed by atoms with Crippen LogP contribution in [0.15, 0.2) is 0 Å². The summed E-state index contributed by atoms with van der Waals surface area (Å²) in [5.74, 6) is 0. The van der Waals surface area contributed by atoms with Crippen molar-refractivity contribution in [3.05, 3.63) is 0 Å². The zero-order valence-electron chi connectivity index (χ0n) is 7.30. The van der Waals surface area contributed by atoms with Crippen molar-refractivity contribution in [2.45, 2.75) is 0 Å². The first-order chi connectivity index (χ1) is 6.00. The molecular formula is H12AsO9S3Sb3. The molecule has 9 nitrogen and oxygen atoms in total. The Labute approximate surface area is 128 Å². The molecule has 0 heterocycles. The number of rotatable bonds is 0. The van der Waals surface area contributed by atoms with Gasteiger partial charge in [0.15, 0.2) is 0 Å². The summed E-state index contributed by atoms with van der Waals surface area (Å²) < 4.78 is 68.8. The van der Waals surface area contributed by atoms with Gasteiger partial charge in [-0.25, -0.2) is 0 Å². The van der Waals surface area contributed by atoms with Crippen molar-refractivity contribution in [2.24, 2.45) is 0 Å². The third-order valence-corrected chi connectivity index (χ3v) is 0. The molecule has 1 atom stereocenters. The van der Waals surface area contributed by atoms with Crippen LogP contribution in [0.25, 0.3) is 0 Å². The molecule has 0 saturated heterocycles. The van der Waals surface area contributed by atoms with E-state index < -0.39 is 54.3 Å². The molecule has 16 heavy (non-hydrogen) atoms. The van der Waals surface area contributed by atoms with Crippen LogP contribution < -0.4 is 0 Å².